The van der Waals surface area contributed by atoms with Gasteiger partial charge in [-0.2, -0.15) is 4.68 Å². The molecule has 0 aliphatic rings. The van der Waals surface area contributed by atoms with Crippen LogP contribution in [0.25, 0.3) is 10.9 Å². The Morgan fingerprint density at radius 3 is 2.58 bits per heavy atom. The standard InChI is InChI=1S/C15H10N4O5/c20-14-12-3-1-2-4-13(12)16-17-18(14)9-24-15(21)10-5-7-11(8-6-10)19(22)23/h1-8H,9H2. The fourth-order valence-corrected chi connectivity index (χ4v) is 2.03. The van der Waals surface area contributed by atoms with Crippen molar-refractivity contribution in [3.63, 3.8) is 0 Å². The van der Waals surface area contributed by atoms with E-state index in [1.54, 1.807) is 24.3 Å². The summed E-state index contributed by atoms with van der Waals surface area (Å²) in [7, 11) is 0. The van der Waals surface area contributed by atoms with E-state index in [-0.39, 0.29) is 11.3 Å². The fraction of sp³-hybridized carbons (Fsp3) is 0.0667. The summed E-state index contributed by atoms with van der Waals surface area (Å²) in [6, 6.07) is 11.6. The number of nitro benzene ring substituents is 1. The molecule has 0 aliphatic carbocycles. The molecular weight excluding hydrogens is 316 g/mol. The Morgan fingerprint density at radius 2 is 1.88 bits per heavy atom. The topological polar surface area (TPSA) is 117 Å². The van der Waals surface area contributed by atoms with Crippen LogP contribution in [-0.4, -0.2) is 25.9 Å². The van der Waals surface area contributed by atoms with Crippen LogP contribution in [0.1, 0.15) is 10.4 Å². The van der Waals surface area contributed by atoms with Crippen LogP contribution in [0.4, 0.5) is 5.69 Å². The largest absolute Gasteiger partial charge is 0.439 e. The number of fused-ring (bicyclic) bond motifs is 1. The average Bonchev–Trinajstić information content (AvgIpc) is 2.61. The smallest absolute Gasteiger partial charge is 0.339 e. The number of aromatic nitrogens is 3. The van der Waals surface area contributed by atoms with Crippen molar-refractivity contribution in [2.24, 2.45) is 0 Å². The zero-order chi connectivity index (χ0) is 17.1. The maximum Gasteiger partial charge on any atom is 0.339 e. The third-order valence-corrected chi connectivity index (χ3v) is 3.26. The predicted octanol–water partition coefficient (Wildman–Crippen LogP) is 1.51. The van der Waals surface area contributed by atoms with Crippen molar-refractivity contribution in [1.29, 1.82) is 0 Å². The lowest BCUT2D eigenvalue weighted by Crippen LogP contribution is -2.26. The molecule has 9 nitrogen and oxygen atoms in total. The molecule has 0 atom stereocenters. The lowest BCUT2D eigenvalue weighted by molar-refractivity contribution is -0.384. The molecule has 0 aliphatic heterocycles. The number of non-ortho nitro benzene ring substituents is 1. The Bertz CT molecular complexity index is 981. The SMILES string of the molecule is O=C(OCn1nnc2ccccc2c1=O)c1ccc([N+](=O)[O-])cc1. The van der Waals surface area contributed by atoms with Crippen LogP contribution in [0, 0.1) is 10.1 Å². The number of ether oxygens (including phenoxy) is 1. The number of esters is 1. The number of rotatable bonds is 4. The van der Waals surface area contributed by atoms with Gasteiger partial charge in [-0.25, -0.2) is 4.79 Å². The Morgan fingerprint density at radius 1 is 1.17 bits per heavy atom. The zero-order valence-electron chi connectivity index (χ0n) is 12.2. The summed E-state index contributed by atoms with van der Waals surface area (Å²) in [6.45, 7) is -0.410. The molecule has 0 saturated heterocycles. The van der Waals surface area contributed by atoms with E-state index in [4.69, 9.17) is 4.74 Å². The molecule has 3 aromatic rings. The second-order valence-corrected chi connectivity index (χ2v) is 4.78. The summed E-state index contributed by atoms with van der Waals surface area (Å²) < 4.78 is 5.92. The van der Waals surface area contributed by atoms with Crippen molar-refractivity contribution in [1.82, 2.24) is 15.0 Å². The quantitative estimate of drug-likeness (QED) is 0.405. The molecule has 0 radical (unpaired) electrons. The molecule has 2 aromatic carbocycles. The molecule has 9 heteroatoms. The van der Waals surface area contributed by atoms with Crippen molar-refractivity contribution in [2.75, 3.05) is 0 Å². The molecule has 1 heterocycles. The van der Waals surface area contributed by atoms with Crippen molar-refractivity contribution in [3.05, 3.63) is 74.6 Å². The Kier molecular flexibility index (Phi) is 3.98. The number of carbonyl (C=O) groups excluding carboxylic acids is 1. The van der Waals surface area contributed by atoms with Crippen LogP contribution >= 0.6 is 0 Å². The summed E-state index contributed by atoms with van der Waals surface area (Å²) in [5, 5.41) is 18.5. The van der Waals surface area contributed by atoms with Gasteiger partial charge >= 0.3 is 5.97 Å². The molecule has 0 fully saturated rings. The highest BCUT2D eigenvalue weighted by Gasteiger charge is 2.12. The number of hydrogen-bond donors (Lipinski definition) is 0. The van der Waals surface area contributed by atoms with Gasteiger partial charge in [-0.3, -0.25) is 14.9 Å². The highest BCUT2D eigenvalue weighted by atomic mass is 16.6. The van der Waals surface area contributed by atoms with Crippen LogP contribution in [0.2, 0.25) is 0 Å². The molecule has 24 heavy (non-hydrogen) atoms. The minimum atomic E-state index is -0.730. The van der Waals surface area contributed by atoms with Crippen molar-refractivity contribution >= 4 is 22.6 Å². The van der Waals surface area contributed by atoms with Gasteiger partial charge in [-0.1, -0.05) is 17.3 Å². The molecule has 0 spiro atoms. The first-order chi connectivity index (χ1) is 11.6. The second-order valence-electron chi connectivity index (χ2n) is 4.78. The van der Waals surface area contributed by atoms with Gasteiger partial charge < -0.3 is 4.74 Å². The normalized spacial score (nSPS) is 10.5. The minimum absolute atomic E-state index is 0.127. The molecule has 0 bridgehead atoms. The van der Waals surface area contributed by atoms with Crippen LogP contribution in [-0.2, 0) is 11.5 Å². The summed E-state index contributed by atoms with van der Waals surface area (Å²) >= 11 is 0. The third-order valence-electron chi connectivity index (χ3n) is 3.26. The van der Waals surface area contributed by atoms with Gasteiger partial charge in [-0.05, 0) is 24.3 Å². The van der Waals surface area contributed by atoms with E-state index in [2.05, 4.69) is 10.3 Å². The van der Waals surface area contributed by atoms with Crippen LogP contribution in [0.5, 0.6) is 0 Å². The first-order valence-corrected chi connectivity index (χ1v) is 6.80. The van der Waals surface area contributed by atoms with E-state index in [1.165, 1.54) is 24.3 Å². The molecule has 0 N–H and O–H groups in total. The van der Waals surface area contributed by atoms with Crippen molar-refractivity contribution in [2.45, 2.75) is 6.73 Å². The first kappa shape index (κ1) is 15.3. The van der Waals surface area contributed by atoms with Gasteiger partial charge in [0.15, 0.2) is 6.73 Å². The number of hydrogen-bond acceptors (Lipinski definition) is 7. The number of nitrogens with zero attached hydrogens (tertiary/aromatic N) is 4. The van der Waals surface area contributed by atoms with Gasteiger partial charge in [0.05, 0.1) is 15.9 Å². The third kappa shape index (κ3) is 2.95. The zero-order valence-corrected chi connectivity index (χ0v) is 12.2. The van der Waals surface area contributed by atoms with Crippen LogP contribution < -0.4 is 5.56 Å². The highest BCUT2D eigenvalue weighted by Crippen LogP contribution is 2.12. The average molecular weight is 326 g/mol. The lowest BCUT2D eigenvalue weighted by Gasteiger charge is -2.06. The molecule has 3 rings (SSSR count). The van der Waals surface area contributed by atoms with E-state index >= 15 is 0 Å². The first-order valence-electron chi connectivity index (χ1n) is 6.80. The van der Waals surface area contributed by atoms with Gasteiger partial charge in [0.2, 0.25) is 0 Å². The summed E-state index contributed by atoms with van der Waals surface area (Å²) in [5.74, 6) is -0.730. The highest BCUT2D eigenvalue weighted by molar-refractivity contribution is 5.89. The van der Waals surface area contributed by atoms with Crippen molar-refractivity contribution in [3.8, 4) is 0 Å². The lowest BCUT2D eigenvalue weighted by atomic mass is 10.2. The van der Waals surface area contributed by atoms with E-state index in [0.717, 1.165) is 4.68 Å². The molecule has 0 saturated carbocycles. The van der Waals surface area contributed by atoms with Crippen molar-refractivity contribution < 1.29 is 14.5 Å². The predicted molar refractivity (Wildman–Crippen MR) is 82.3 cm³/mol. The molecular formula is C15H10N4O5. The van der Waals surface area contributed by atoms with E-state index < -0.39 is 23.2 Å². The Balaban J connectivity index is 1.75. The monoisotopic (exact) mass is 326 g/mol. The van der Waals surface area contributed by atoms with Crippen LogP contribution in [0.3, 0.4) is 0 Å². The fourth-order valence-electron chi connectivity index (χ4n) is 2.03. The molecule has 120 valence electrons. The maximum atomic E-state index is 12.2. The number of nitro groups is 1. The van der Waals surface area contributed by atoms with Gasteiger partial charge in [-0.15, -0.1) is 5.10 Å². The van der Waals surface area contributed by atoms with Crippen LogP contribution in [0.15, 0.2) is 53.3 Å². The number of carbonyl (C=O) groups is 1. The van der Waals surface area contributed by atoms with E-state index in [0.29, 0.717) is 10.9 Å². The summed E-state index contributed by atoms with van der Waals surface area (Å²) in [6.07, 6.45) is 0. The second kappa shape index (κ2) is 6.24. The molecule has 0 unspecified atom stereocenters. The molecule has 1 aromatic heterocycles. The molecule has 0 amide bonds. The summed E-state index contributed by atoms with van der Waals surface area (Å²) in [5.41, 5.74) is 0.00288. The van der Waals surface area contributed by atoms with E-state index in [1.807, 2.05) is 0 Å². The van der Waals surface area contributed by atoms with Gasteiger partial charge in [0, 0.05) is 12.1 Å². The minimum Gasteiger partial charge on any atom is -0.439 e. The summed E-state index contributed by atoms with van der Waals surface area (Å²) in [4.78, 5) is 34.1. The number of benzene rings is 2. The maximum absolute atomic E-state index is 12.2. The van der Waals surface area contributed by atoms with E-state index in [9.17, 15) is 19.7 Å². The Labute approximate surface area is 134 Å². The van der Waals surface area contributed by atoms with Gasteiger partial charge in [0.25, 0.3) is 11.2 Å². The Hall–Kier alpha value is -3.62. The van der Waals surface area contributed by atoms with Gasteiger partial charge in [0.1, 0.15) is 5.52 Å².